The quantitative estimate of drug-likeness (QED) is 0.588. The highest BCUT2D eigenvalue weighted by atomic mass is 16.5. The van der Waals surface area contributed by atoms with Crippen LogP contribution in [0.1, 0.15) is 29.8 Å². The minimum atomic E-state index is -0.560. The zero-order valence-electron chi connectivity index (χ0n) is 16.9. The molecule has 1 amide bonds. The van der Waals surface area contributed by atoms with Gasteiger partial charge in [0.15, 0.2) is 0 Å². The zero-order chi connectivity index (χ0) is 20.7. The summed E-state index contributed by atoms with van der Waals surface area (Å²) < 4.78 is 9.73. The van der Waals surface area contributed by atoms with Crippen LogP contribution in [0.3, 0.4) is 0 Å². The predicted molar refractivity (Wildman–Crippen MR) is 105 cm³/mol. The van der Waals surface area contributed by atoms with Crippen molar-refractivity contribution < 1.29 is 23.9 Å². The molecule has 7 nitrogen and oxygen atoms in total. The fraction of sp³-hybridized carbons (Fsp3) is 0.476. The lowest BCUT2D eigenvalue weighted by molar-refractivity contribution is -0.139. The van der Waals surface area contributed by atoms with Crippen LogP contribution in [0.4, 0.5) is 0 Å². The molecule has 0 aromatic heterocycles. The van der Waals surface area contributed by atoms with Gasteiger partial charge in [-0.05, 0) is 23.6 Å². The first-order chi connectivity index (χ1) is 13.4. The molecule has 0 spiro atoms. The van der Waals surface area contributed by atoms with Crippen LogP contribution in [0.2, 0.25) is 0 Å². The fourth-order valence-corrected chi connectivity index (χ4v) is 3.24. The number of ether oxygens (including phenoxy) is 2. The van der Waals surface area contributed by atoms with Crippen molar-refractivity contribution in [3.63, 3.8) is 0 Å². The Hall–Kier alpha value is -2.67. The molecule has 1 fully saturated rings. The van der Waals surface area contributed by atoms with Gasteiger partial charge in [-0.25, -0.2) is 9.59 Å². The maximum Gasteiger partial charge on any atom is 0.334 e. The van der Waals surface area contributed by atoms with E-state index in [1.807, 2.05) is 18.7 Å². The van der Waals surface area contributed by atoms with Gasteiger partial charge in [0.1, 0.15) is 0 Å². The zero-order valence-corrected chi connectivity index (χ0v) is 16.9. The van der Waals surface area contributed by atoms with Crippen LogP contribution in [0.25, 0.3) is 0 Å². The number of hydrogen-bond donors (Lipinski definition) is 1. The molecule has 1 aliphatic heterocycles. The number of nitrogens with one attached hydrogen (secondary N) is 1. The van der Waals surface area contributed by atoms with Gasteiger partial charge in [-0.1, -0.05) is 26.0 Å². The van der Waals surface area contributed by atoms with Crippen molar-refractivity contribution in [1.82, 2.24) is 10.2 Å². The van der Waals surface area contributed by atoms with E-state index in [9.17, 15) is 14.4 Å². The summed E-state index contributed by atoms with van der Waals surface area (Å²) in [5, 5.41) is 3.22. The molecule has 0 atom stereocenters. The molecule has 0 radical (unpaired) electrons. The Bertz CT molecular complexity index is 747. The summed E-state index contributed by atoms with van der Waals surface area (Å²) in [7, 11) is 2.57. The number of nitrogens with zero attached hydrogens (tertiary/aromatic N) is 1. The lowest BCUT2D eigenvalue weighted by Gasteiger charge is -2.27. The lowest BCUT2D eigenvalue weighted by Crippen LogP contribution is -2.46. The molecule has 7 heteroatoms. The van der Waals surface area contributed by atoms with Crippen molar-refractivity contribution in [3.8, 4) is 0 Å². The van der Waals surface area contributed by atoms with E-state index in [0.29, 0.717) is 24.2 Å². The summed E-state index contributed by atoms with van der Waals surface area (Å²) in [4.78, 5) is 38.9. The van der Waals surface area contributed by atoms with Crippen molar-refractivity contribution in [2.75, 3.05) is 40.4 Å². The maximum absolute atomic E-state index is 12.6. The number of carbonyl (C=O) groups excluding carboxylic acids is 3. The van der Waals surface area contributed by atoms with Gasteiger partial charge in [-0.15, -0.1) is 0 Å². The number of amides is 1. The highest BCUT2D eigenvalue weighted by molar-refractivity contribution is 6.01. The molecule has 152 valence electrons. The van der Waals surface area contributed by atoms with Crippen molar-refractivity contribution in [1.29, 1.82) is 0 Å². The van der Waals surface area contributed by atoms with Gasteiger partial charge in [0, 0.05) is 38.2 Å². The smallest absolute Gasteiger partial charge is 0.334 e. The molecule has 1 heterocycles. The Labute approximate surface area is 165 Å². The topological polar surface area (TPSA) is 84.9 Å². The van der Waals surface area contributed by atoms with Gasteiger partial charge in [0.2, 0.25) is 0 Å². The highest BCUT2D eigenvalue weighted by Gasteiger charge is 2.25. The van der Waals surface area contributed by atoms with Crippen LogP contribution in [0.5, 0.6) is 0 Å². The van der Waals surface area contributed by atoms with E-state index in [1.54, 1.807) is 24.3 Å². The first kappa shape index (κ1) is 21.6. The van der Waals surface area contributed by atoms with E-state index < -0.39 is 11.9 Å². The largest absolute Gasteiger partial charge is 0.466 e. The van der Waals surface area contributed by atoms with Crippen LogP contribution < -0.4 is 5.32 Å². The van der Waals surface area contributed by atoms with Gasteiger partial charge in [0.05, 0.1) is 25.4 Å². The Morgan fingerprint density at radius 1 is 1.00 bits per heavy atom. The van der Waals surface area contributed by atoms with E-state index in [0.717, 1.165) is 18.7 Å². The monoisotopic (exact) mass is 388 g/mol. The summed E-state index contributed by atoms with van der Waals surface area (Å²) in [5.74, 6) is -1.31. The first-order valence-electron chi connectivity index (χ1n) is 9.37. The summed E-state index contributed by atoms with van der Waals surface area (Å²) in [6.07, 6.45) is 0.220. The summed E-state index contributed by atoms with van der Waals surface area (Å²) in [6.45, 7) is 6.61. The van der Waals surface area contributed by atoms with Gasteiger partial charge < -0.3 is 19.7 Å². The highest BCUT2D eigenvalue weighted by Crippen LogP contribution is 2.22. The third kappa shape index (κ3) is 5.19. The van der Waals surface area contributed by atoms with Crippen LogP contribution >= 0.6 is 0 Å². The molecule has 2 rings (SSSR count). The molecule has 1 aromatic carbocycles. The Balaban J connectivity index is 2.26. The summed E-state index contributed by atoms with van der Waals surface area (Å²) >= 11 is 0. The number of benzene rings is 1. The van der Waals surface area contributed by atoms with Crippen molar-refractivity contribution >= 4 is 17.8 Å². The van der Waals surface area contributed by atoms with E-state index in [4.69, 9.17) is 9.47 Å². The number of hydrogen-bond acceptors (Lipinski definition) is 6. The van der Waals surface area contributed by atoms with Crippen LogP contribution in [0.15, 0.2) is 35.4 Å². The van der Waals surface area contributed by atoms with E-state index in [1.165, 1.54) is 14.2 Å². The second kappa shape index (κ2) is 10.0. The third-order valence-electron chi connectivity index (χ3n) is 4.73. The molecule has 1 N–H and O–H groups in total. The van der Waals surface area contributed by atoms with E-state index in [-0.39, 0.29) is 23.8 Å². The van der Waals surface area contributed by atoms with E-state index in [2.05, 4.69) is 5.32 Å². The Morgan fingerprint density at radius 3 is 2.07 bits per heavy atom. The Morgan fingerprint density at radius 2 is 1.57 bits per heavy atom. The summed E-state index contributed by atoms with van der Waals surface area (Å²) in [6, 6.07) is 7.10. The standard InChI is InChI=1S/C21H28N2O5/c1-14(2)18(21(26)28-4)17(20(25)27-3)13-15-5-7-16(8-6-15)19(24)23-11-9-22-10-12-23/h5-8,14,22H,9-13H2,1-4H3/b18-17-. The number of carbonyl (C=O) groups is 3. The van der Waals surface area contributed by atoms with Gasteiger partial charge >= 0.3 is 11.9 Å². The van der Waals surface area contributed by atoms with Gasteiger partial charge in [-0.2, -0.15) is 0 Å². The predicted octanol–water partition coefficient (Wildman–Crippen LogP) is 1.57. The van der Waals surface area contributed by atoms with Crippen LogP contribution in [0, 0.1) is 5.92 Å². The molecule has 0 aliphatic carbocycles. The van der Waals surface area contributed by atoms with Crippen molar-refractivity contribution in [3.05, 3.63) is 46.5 Å². The van der Waals surface area contributed by atoms with Crippen LogP contribution in [-0.2, 0) is 25.5 Å². The fourth-order valence-electron chi connectivity index (χ4n) is 3.24. The summed E-state index contributed by atoms with van der Waals surface area (Å²) in [5.41, 5.74) is 1.98. The number of esters is 2. The van der Waals surface area contributed by atoms with Crippen molar-refractivity contribution in [2.24, 2.45) is 5.92 Å². The average molecular weight is 388 g/mol. The molecule has 28 heavy (non-hydrogen) atoms. The molecule has 0 unspecified atom stereocenters. The third-order valence-corrected chi connectivity index (χ3v) is 4.73. The minimum absolute atomic E-state index is 0.00536. The van der Waals surface area contributed by atoms with Gasteiger partial charge in [0.25, 0.3) is 5.91 Å². The number of piperazine rings is 1. The van der Waals surface area contributed by atoms with Crippen molar-refractivity contribution in [2.45, 2.75) is 20.3 Å². The second-order valence-electron chi connectivity index (χ2n) is 6.95. The number of rotatable bonds is 6. The SMILES string of the molecule is COC(=O)/C(Cc1ccc(C(=O)N2CCNCC2)cc1)=C(\C(=O)OC)C(C)C. The molecule has 0 bridgehead atoms. The molecular formula is C21H28N2O5. The van der Waals surface area contributed by atoms with E-state index >= 15 is 0 Å². The molecular weight excluding hydrogens is 360 g/mol. The lowest BCUT2D eigenvalue weighted by atomic mass is 9.92. The maximum atomic E-state index is 12.6. The van der Waals surface area contributed by atoms with Crippen LogP contribution in [-0.4, -0.2) is 63.1 Å². The number of methoxy groups -OCH3 is 2. The Kier molecular flexibility index (Phi) is 7.75. The molecule has 1 aliphatic rings. The average Bonchev–Trinajstić information content (AvgIpc) is 2.72. The molecule has 1 aromatic rings. The molecule has 0 saturated carbocycles. The normalized spacial score (nSPS) is 15.1. The minimum Gasteiger partial charge on any atom is -0.466 e. The van der Waals surface area contributed by atoms with Gasteiger partial charge in [-0.3, -0.25) is 4.79 Å². The molecule has 1 saturated heterocycles. The first-order valence-corrected chi connectivity index (χ1v) is 9.37. The second-order valence-corrected chi connectivity index (χ2v) is 6.95.